The zero-order valence-electron chi connectivity index (χ0n) is 8.20. The molecule has 0 atom stereocenters. The van der Waals surface area contributed by atoms with Crippen molar-refractivity contribution in [2.45, 2.75) is 18.8 Å². The summed E-state index contributed by atoms with van der Waals surface area (Å²) in [4.78, 5) is 10.3. The first-order valence-electron chi connectivity index (χ1n) is 4.66. The average molecular weight is 211 g/mol. The van der Waals surface area contributed by atoms with Gasteiger partial charge in [0, 0.05) is 6.07 Å². The van der Waals surface area contributed by atoms with Crippen molar-refractivity contribution < 1.29 is 14.1 Å². The van der Waals surface area contributed by atoms with Gasteiger partial charge in [0.15, 0.2) is 11.6 Å². The van der Waals surface area contributed by atoms with Gasteiger partial charge in [-0.1, -0.05) is 0 Å². The van der Waals surface area contributed by atoms with Crippen molar-refractivity contribution in [3.63, 3.8) is 0 Å². The number of nitro benzene ring substituents is 1. The van der Waals surface area contributed by atoms with E-state index in [1.54, 1.807) is 0 Å². The van der Waals surface area contributed by atoms with Crippen LogP contribution in [0.5, 0.6) is 5.75 Å². The Bertz CT molecular complexity index is 415. The second kappa shape index (κ2) is 3.49. The molecule has 15 heavy (non-hydrogen) atoms. The maximum atomic E-state index is 13.3. The molecule has 0 radical (unpaired) electrons. The fourth-order valence-electron chi connectivity index (χ4n) is 1.70. The van der Waals surface area contributed by atoms with Crippen molar-refractivity contribution >= 4 is 5.69 Å². The Labute approximate surface area is 85.8 Å². The van der Waals surface area contributed by atoms with Gasteiger partial charge < -0.3 is 4.74 Å². The first-order valence-corrected chi connectivity index (χ1v) is 4.66. The highest BCUT2D eigenvalue weighted by molar-refractivity contribution is 5.53. The molecule has 1 aromatic rings. The number of nitro groups is 1. The van der Waals surface area contributed by atoms with Gasteiger partial charge in [-0.15, -0.1) is 0 Å². The van der Waals surface area contributed by atoms with Gasteiger partial charge >= 0.3 is 0 Å². The van der Waals surface area contributed by atoms with Crippen LogP contribution in [0.25, 0.3) is 0 Å². The molecule has 0 bridgehead atoms. The number of nitrogens with zero attached hydrogens (tertiary/aromatic N) is 1. The summed E-state index contributed by atoms with van der Waals surface area (Å²) in [5.74, 6) is -0.437. The third kappa shape index (κ3) is 1.65. The molecule has 0 N–H and O–H groups in total. The molecule has 0 saturated heterocycles. The van der Waals surface area contributed by atoms with Crippen LogP contribution in [-0.4, -0.2) is 12.0 Å². The SMILES string of the molecule is COc1c(F)ccc([N+](=O)[O-])c1C1CC1. The van der Waals surface area contributed by atoms with Crippen molar-refractivity contribution in [1.29, 1.82) is 0 Å². The molecule has 0 aromatic heterocycles. The molecule has 1 fully saturated rings. The number of methoxy groups -OCH3 is 1. The van der Waals surface area contributed by atoms with Crippen molar-refractivity contribution in [3.8, 4) is 5.75 Å². The topological polar surface area (TPSA) is 52.4 Å². The zero-order chi connectivity index (χ0) is 11.0. The molecule has 0 aliphatic heterocycles. The summed E-state index contributed by atoms with van der Waals surface area (Å²) in [7, 11) is 1.33. The van der Waals surface area contributed by atoms with E-state index in [9.17, 15) is 14.5 Å². The highest BCUT2D eigenvalue weighted by atomic mass is 19.1. The maximum Gasteiger partial charge on any atom is 0.276 e. The standard InChI is InChI=1S/C10H10FNO3/c1-15-10-7(11)4-5-8(12(13)14)9(10)6-2-3-6/h4-6H,2-3H2,1H3. The summed E-state index contributed by atoms with van der Waals surface area (Å²) in [5.41, 5.74) is 0.359. The summed E-state index contributed by atoms with van der Waals surface area (Å²) in [5, 5.41) is 10.8. The van der Waals surface area contributed by atoms with E-state index in [1.165, 1.54) is 13.2 Å². The van der Waals surface area contributed by atoms with E-state index in [0.29, 0.717) is 5.56 Å². The van der Waals surface area contributed by atoms with E-state index in [4.69, 9.17) is 4.74 Å². The Morgan fingerprint density at radius 2 is 2.20 bits per heavy atom. The summed E-state index contributed by atoms with van der Waals surface area (Å²) >= 11 is 0. The van der Waals surface area contributed by atoms with Gasteiger partial charge in [0.1, 0.15) is 0 Å². The lowest BCUT2D eigenvalue weighted by molar-refractivity contribution is -0.385. The molecular weight excluding hydrogens is 201 g/mol. The molecule has 0 spiro atoms. The van der Waals surface area contributed by atoms with E-state index in [-0.39, 0.29) is 17.4 Å². The van der Waals surface area contributed by atoms with E-state index in [1.807, 2.05) is 0 Å². The Hall–Kier alpha value is -1.65. The number of hydrogen-bond acceptors (Lipinski definition) is 3. The molecule has 0 unspecified atom stereocenters. The van der Waals surface area contributed by atoms with Gasteiger partial charge in [0.2, 0.25) is 0 Å². The smallest absolute Gasteiger partial charge is 0.276 e. The molecule has 2 rings (SSSR count). The Kier molecular flexibility index (Phi) is 2.30. The third-order valence-electron chi connectivity index (χ3n) is 2.51. The van der Waals surface area contributed by atoms with Crippen molar-refractivity contribution in [3.05, 3.63) is 33.6 Å². The molecule has 1 aliphatic carbocycles. The molecule has 1 aromatic carbocycles. The molecule has 80 valence electrons. The van der Waals surface area contributed by atoms with Gasteiger partial charge in [-0.05, 0) is 24.8 Å². The van der Waals surface area contributed by atoms with E-state index >= 15 is 0 Å². The van der Waals surface area contributed by atoms with E-state index in [0.717, 1.165) is 18.9 Å². The maximum absolute atomic E-state index is 13.3. The quantitative estimate of drug-likeness (QED) is 0.570. The fourth-order valence-corrected chi connectivity index (χ4v) is 1.70. The minimum absolute atomic E-state index is 0.0201. The highest BCUT2D eigenvalue weighted by Crippen LogP contribution is 2.49. The first-order chi connectivity index (χ1) is 7.15. The second-order valence-corrected chi connectivity index (χ2v) is 3.54. The van der Waals surface area contributed by atoms with Crippen LogP contribution >= 0.6 is 0 Å². The van der Waals surface area contributed by atoms with Gasteiger partial charge in [-0.3, -0.25) is 10.1 Å². The summed E-state index contributed by atoms with van der Waals surface area (Å²) in [6, 6.07) is 2.27. The van der Waals surface area contributed by atoms with Crippen molar-refractivity contribution in [2.24, 2.45) is 0 Å². The molecule has 0 amide bonds. The number of halogens is 1. The van der Waals surface area contributed by atoms with Crippen LogP contribution in [0.4, 0.5) is 10.1 Å². The Morgan fingerprint density at radius 3 is 2.67 bits per heavy atom. The van der Waals surface area contributed by atoms with Crippen LogP contribution in [0.15, 0.2) is 12.1 Å². The monoisotopic (exact) mass is 211 g/mol. The lowest BCUT2D eigenvalue weighted by Crippen LogP contribution is -2.00. The highest BCUT2D eigenvalue weighted by Gasteiger charge is 2.35. The molecule has 5 heteroatoms. The Morgan fingerprint density at radius 1 is 1.53 bits per heavy atom. The first kappa shape index (κ1) is 9.89. The third-order valence-corrected chi connectivity index (χ3v) is 2.51. The minimum Gasteiger partial charge on any atom is -0.493 e. The predicted octanol–water partition coefficient (Wildman–Crippen LogP) is 2.62. The summed E-state index contributed by atoms with van der Waals surface area (Å²) in [6.07, 6.45) is 1.72. The van der Waals surface area contributed by atoms with Crippen LogP contribution in [0, 0.1) is 15.9 Å². The average Bonchev–Trinajstić information content (AvgIpc) is 2.99. The van der Waals surface area contributed by atoms with Gasteiger partial charge in [0.25, 0.3) is 5.69 Å². The summed E-state index contributed by atoms with van der Waals surface area (Å²) in [6.45, 7) is 0. The van der Waals surface area contributed by atoms with Gasteiger partial charge in [-0.25, -0.2) is 4.39 Å². The van der Waals surface area contributed by atoms with E-state index in [2.05, 4.69) is 0 Å². The van der Waals surface area contributed by atoms with Crippen LogP contribution in [-0.2, 0) is 0 Å². The van der Waals surface area contributed by atoms with Gasteiger partial charge in [-0.2, -0.15) is 0 Å². The van der Waals surface area contributed by atoms with Crippen LogP contribution in [0.1, 0.15) is 24.3 Å². The van der Waals surface area contributed by atoms with Gasteiger partial charge in [0.05, 0.1) is 17.6 Å². The number of ether oxygens (including phenoxy) is 1. The minimum atomic E-state index is -0.537. The molecule has 1 aliphatic rings. The normalized spacial score (nSPS) is 15.1. The van der Waals surface area contributed by atoms with Crippen molar-refractivity contribution in [1.82, 2.24) is 0 Å². The van der Waals surface area contributed by atoms with Crippen molar-refractivity contribution in [2.75, 3.05) is 7.11 Å². The lowest BCUT2D eigenvalue weighted by atomic mass is 10.1. The largest absolute Gasteiger partial charge is 0.493 e. The molecule has 0 heterocycles. The number of benzene rings is 1. The lowest BCUT2D eigenvalue weighted by Gasteiger charge is -2.08. The Balaban J connectivity index is 2.60. The molecule has 1 saturated carbocycles. The number of hydrogen-bond donors (Lipinski definition) is 0. The summed E-state index contributed by atoms with van der Waals surface area (Å²) < 4.78 is 18.2. The predicted molar refractivity (Wildman–Crippen MR) is 51.6 cm³/mol. The molecule has 4 nitrogen and oxygen atoms in total. The fraction of sp³-hybridized carbons (Fsp3) is 0.400. The van der Waals surface area contributed by atoms with Crippen LogP contribution in [0.2, 0.25) is 0 Å². The second-order valence-electron chi connectivity index (χ2n) is 3.54. The zero-order valence-corrected chi connectivity index (χ0v) is 8.20. The van der Waals surface area contributed by atoms with Crippen LogP contribution in [0.3, 0.4) is 0 Å². The van der Waals surface area contributed by atoms with Crippen LogP contribution < -0.4 is 4.74 Å². The molecular formula is C10H10FNO3. The number of rotatable bonds is 3. The van der Waals surface area contributed by atoms with E-state index < -0.39 is 10.7 Å².